The molecule has 0 spiro atoms. The zero-order valence-corrected chi connectivity index (χ0v) is 16.3. The van der Waals surface area contributed by atoms with Crippen molar-refractivity contribution in [3.63, 3.8) is 0 Å². The van der Waals surface area contributed by atoms with Crippen LogP contribution in [0.4, 0.5) is 5.69 Å². The van der Waals surface area contributed by atoms with Crippen molar-refractivity contribution in [3.05, 3.63) is 51.7 Å². The van der Waals surface area contributed by atoms with Crippen LogP contribution in [0.15, 0.2) is 41.8 Å². The van der Waals surface area contributed by atoms with Crippen LogP contribution in [0.25, 0.3) is 9.40 Å². The van der Waals surface area contributed by atoms with Crippen molar-refractivity contribution in [2.24, 2.45) is 5.92 Å². The number of hydrogen-bond donors (Lipinski definition) is 1. The van der Waals surface area contributed by atoms with Gasteiger partial charge in [-0.25, -0.2) is 0 Å². The van der Waals surface area contributed by atoms with Crippen LogP contribution in [-0.4, -0.2) is 29.8 Å². The molecule has 1 N–H and O–H groups in total. The first-order valence-electron chi connectivity index (χ1n) is 8.44. The van der Waals surface area contributed by atoms with Crippen LogP contribution in [0.5, 0.6) is 0 Å². The maximum absolute atomic E-state index is 12.8. The molecule has 0 radical (unpaired) electrons. The van der Waals surface area contributed by atoms with E-state index < -0.39 is 0 Å². The van der Waals surface area contributed by atoms with Crippen LogP contribution >= 0.6 is 34.3 Å². The van der Waals surface area contributed by atoms with Gasteiger partial charge in [-0.2, -0.15) is 0 Å². The molecule has 1 saturated heterocycles. The van der Waals surface area contributed by atoms with Gasteiger partial charge in [0.2, 0.25) is 5.91 Å². The highest BCUT2D eigenvalue weighted by atomic mass is 35.5. The molecule has 0 bridgehead atoms. The largest absolute Gasteiger partial charge is 0.338 e. The molecule has 0 aliphatic carbocycles. The molecular formula is C19H17ClN2O2S2. The maximum Gasteiger partial charge on any atom is 0.265 e. The molecule has 2 aromatic heterocycles. The van der Waals surface area contributed by atoms with Gasteiger partial charge in [-0.05, 0) is 36.4 Å². The van der Waals surface area contributed by atoms with Gasteiger partial charge in [0.1, 0.15) is 4.88 Å². The lowest BCUT2D eigenvalue weighted by atomic mass is 9.95. The number of hydrogen-bond acceptors (Lipinski definition) is 4. The third-order valence-electron chi connectivity index (χ3n) is 4.65. The summed E-state index contributed by atoms with van der Waals surface area (Å²) in [4.78, 5) is 27.7. The second-order valence-corrected chi connectivity index (χ2v) is 8.86. The summed E-state index contributed by atoms with van der Waals surface area (Å²) in [7, 11) is 0. The molecule has 1 aliphatic rings. The predicted octanol–water partition coefficient (Wildman–Crippen LogP) is 5.11. The van der Waals surface area contributed by atoms with Crippen LogP contribution < -0.4 is 5.32 Å². The fourth-order valence-electron chi connectivity index (χ4n) is 3.19. The minimum atomic E-state index is -0.0680. The van der Waals surface area contributed by atoms with E-state index in [0.717, 1.165) is 15.1 Å². The van der Waals surface area contributed by atoms with E-state index >= 15 is 0 Å². The molecule has 1 fully saturated rings. The Bertz CT molecular complexity index is 943. The monoisotopic (exact) mass is 404 g/mol. The minimum absolute atomic E-state index is 0.0229. The number of anilines is 1. The van der Waals surface area contributed by atoms with Gasteiger partial charge in [-0.1, -0.05) is 29.8 Å². The smallest absolute Gasteiger partial charge is 0.265 e. The van der Waals surface area contributed by atoms with Crippen molar-refractivity contribution >= 4 is 61.2 Å². The van der Waals surface area contributed by atoms with Gasteiger partial charge in [0, 0.05) is 30.1 Å². The number of halogens is 1. The maximum atomic E-state index is 12.8. The lowest BCUT2D eigenvalue weighted by Crippen LogP contribution is -2.41. The second-order valence-electron chi connectivity index (χ2n) is 6.29. The molecule has 0 unspecified atom stereocenters. The summed E-state index contributed by atoms with van der Waals surface area (Å²) >= 11 is 9.45. The number of para-hydroxylation sites is 1. The molecule has 1 aromatic carbocycles. The number of carbonyl (C=O) groups excluding carboxylic acids is 2. The van der Waals surface area contributed by atoms with Crippen LogP contribution in [-0.2, 0) is 4.79 Å². The van der Waals surface area contributed by atoms with Gasteiger partial charge < -0.3 is 10.2 Å². The summed E-state index contributed by atoms with van der Waals surface area (Å²) in [5.41, 5.74) is 0.807. The molecule has 2 amide bonds. The number of nitrogens with zero attached hydrogens (tertiary/aromatic N) is 1. The number of rotatable bonds is 3. The lowest BCUT2D eigenvalue weighted by Gasteiger charge is -2.31. The van der Waals surface area contributed by atoms with Crippen molar-refractivity contribution in [1.82, 2.24) is 4.90 Å². The van der Waals surface area contributed by atoms with Crippen LogP contribution in [0.2, 0.25) is 5.02 Å². The number of piperidine rings is 1. The van der Waals surface area contributed by atoms with E-state index in [0.29, 0.717) is 35.8 Å². The van der Waals surface area contributed by atoms with Gasteiger partial charge in [0.05, 0.1) is 9.04 Å². The summed E-state index contributed by atoms with van der Waals surface area (Å²) in [6, 6.07) is 11.4. The van der Waals surface area contributed by atoms with Gasteiger partial charge in [-0.15, -0.1) is 22.7 Å². The molecule has 26 heavy (non-hydrogen) atoms. The Morgan fingerprint density at radius 1 is 1.12 bits per heavy atom. The Balaban J connectivity index is 1.38. The van der Waals surface area contributed by atoms with Crippen LogP contribution in [0, 0.1) is 5.92 Å². The van der Waals surface area contributed by atoms with Crippen molar-refractivity contribution in [3.8, 4) is 0 Å². The minimum Gasteiger partial charge on any atom is -0.338 e. The first-order valence-corrected chi connectivity index (χ1v) is 10.5. The number of thiophene rings is 2. The highest BCUT2D eigenvalue weighted by molar-refractivity contribution is 7.38. The fourth-order valence-corrected chi connectivity index (χ4v) is 5.77. The average Bonchev–Trinajstić information content (AvgIpc) is 3.25. The molecule has 4 nitrogen and oxygen atoms in total. The third kappa shape index (κ3) is 3.37. The zero-order valence-electron chi connectivity index (χ0n) is 13.9. The van der Waals surface area contributed by atoms with Gasteiger partial charge in [0.15, 0.2) is 0 Å². The van der Waals surface area contributed by atoms with E-state index in [1.54, 1.807) is 11.3 Å². The number of nitrogens with one attached hydrogen (secondary N) is 1. The molecule has 134 valence electrons. The van der Waals surface area contributed by atoms with Gasteiger partial charge in [0.25, 0.3) is 5.91 Å². The standard InChI is InChI=1S/C19H17ClN2O2S2/c20-15-14-8-11-25-19(14)26-16(15)18(24)22-9-6-12(7-10-22)17(23)21-13-4-2-1-3-5-13/h1-5,8,11-12H,6-7,9-10H2,(H,21,23). The molecule has 4 rings (SSSR count). The van der Waals surface area contributed by atoms with Crippen LogP contribution in [0.3, 0.4) is 0 Å². The van der Waals surface area contributed by atoms with Gasteiger partial charge in [-0.3, -0.25) is 9.59 Å². The van der Waals surface area contributed by atoms with Gasteiger partial charge >= 0.3 is 0 Å². The zero-order chi connectivity index (χ0) is 18.1. The summed E-state index contributed by atoms with van der Waals surface area (Å²) in [6.45, 7) is 1.15. The first kappa shape index (κ1) is 17.5. The summed E-state index contributed by atoms with van der Waals surface area (Å²) in [5.74, 6) is -0.0650. The Labute approximate surface area is 164 Å². The number of fused-ring (bicyclic) bond motifs is 1. The van der Waals surface area contributed by atoms with Crippen molar-refractivity contribution in [2.75, 3.05) is 18.4 Å². The predicted molar refractivity (Wildman–Crippen MR) is 108 cm³/mol. The Kier molecular flexibility index (Phi) is 4.98. The Morgan fingerprint density at radius 2 is 1.85 bits per heavy atom. The SMILES string of the molecule is O=C(Nc1ccccc1)C1CCN(C(=O)c2sc3sccc3c2Cl)CC1. The Morgan fingerprint density at radius 3 is 2.54 bits per heavy atom. The average molecular weight is 405 g/mol. The number of carbonyl (C=O) groups is 2. The number of amides is 2. The molecule has 0 atom stereocenters. The molecule has 1 aliphatic heterocycles. The van der Waals surface area contributed by atoms with E-state index in [-0.39, 0.29) is 17.7 Å². The molecule has 3 heterocycles. The van der Waals surface area contributed by atoms with E-state index in [1.165, 1.54) is 11.3 Å². The first-order chi connectivity index (χ1) is 12.6. The molecular weight excluding hydrogens is 388 g/mol. The van der Waals surface area contributed by atoms with E-state index in [1.807, 2.05) is 46.7 Å². The van der Waals surface area contributed by atoms with Crippen molar-refractivity contribution in [1.29, 1.82) is 0 Å². The van der Waals surface area contributed by atoms with E-state index in [9.17, 15) is 9.59 Å². The van der Waals surface area contributed by atoms with Crippen LogP contribution in [0.1, 0.15) is 22.5 Å². The summed E-state index contributed by atoms with van der Waals surface area (Å²) in [5, 5.41) is 6.45. The second kappa shape index (κ2) is 7.39. The normalized spacial score (nSPS) is 15.3. The highest BCUT2D eigenvalue weighted by Crippen LogP contribution is 2.39. The van der Waals surface area contributed by atoms with E-state index in [4.69, 9.17) is 11.6 Å². The Hall–Kier alpha value is -1.89. The number of likely N-dealkylation sites (tertiary alicyclic amines) is 1. The summed E-state index contributed by atoms with van der Waals surface area (Å²) in [6.07, 6.45) is 1.34. The quantitative estimate of drug-likeness (QED) is 0.659. The topological polar surface area (TPSA) is 49.4 Å². The summed E-state index contributed by atoms with van der Waals surface area (Å²) < 4.78 is 1.08. The van der Waals surface area contributed by atoms with Crippen molar-refractivity contribution < 1.29 is 9.59 Å². The highest BCUT2D eigenvalue weighted by Gasteiger charge is 2.30. The lowest BCUT2D eigenvalue weighted by molar-refractivity contribution is -0.121. The van der Waals surface area contributed by atoms with E-state index in [2.05, 4.69) is 5.32 Å². The molecule has 0 saturated carbocycles. The number of benzene rings is 1. The van der Waals surface area contributed by atoms with Crippen molar-refractivity contribution in [2.45, 2.75) is 12.8 Å². The molecule has 7 heteroatoms. The fraction of sp³-hybridized carbons (Fsp3) is 0.263. The molecule has 3 aromatic rings. The third-order valence-corrected chi connectivity index (χ3v) is 7.39.